The van der Waals surface area contributed by atoms with Crippen LogP contribution in [0.4, 0.5) is 16.2 Å². The van der Waals surface area contributed by atoms with Crippen LogP contribution < -0.4 is 10.6 Å². The van der Waals surface area contributed by atoms with Gasteiger partial charge in [0.05, 0.1) is 16.2 Å². The van der Waals surface area contributed by atoms with Crippen molar-refractivity contribution in [3.8, 4) is 0 Å². The molecule has 3 rings (SSSR count). The van der Waals surface area contributed by atoms with Crippen LogP contribution in [-0.2, 0) is 9.59 Å². The quantitative estimate of drug-likeness (QED) is 0.456. The van der Waals surface area contributed by atoms with Crippen molar-refractivity contribution in [3.63, 3.8) is 0 Å². The summed E-state index contributed by atoms with van der Waals surface area (Å²) >= 11 is 0. The zero-order valence-electron chi connectivity index (χ0n) is 16.0. The highest BCUT2D eigenvalue weighted by atomic mass is 16.6. The highest BCUT2D eigenvalue weighted by Crippen LogP contribution is 2.37. The number of nitro benzene ring substituents is 1. The molecule has 1 saturated carbocycles. The average Bonchev–Trinajstić information content (AvgIpc) is 2.88. The highest BCUT2D eigenvalue weighted by molar-refractivity contribution is 6.10. The molecule has 2 N–H and O–H groups in total. The SMILES string of the molecule is CCC1CCC2(CC1)NC(=O)N(CC(=O)Nc1cccc([N+](=O)[O-])c1C)C2=O. The third-order valence-corrected chi connectivity index (χ3v) is 5.86. The summed E-state index contributed by atoms with van der Waals surface area (Å²) in [6.07, 6.45) is 3.95. The average molecular weight is 388 g/mol. The second kappa shape index (κ2) is 7.57. The summed E-state index contributed by atoms with van der Waals surface area (Å²) in [7, 11) is 0. The molecule has 1 aromatic carbocycles. The molecule has 1 aliphatic heterocycles. The summed E-state index contributed by atoms with van der Waals surface area (Å²) in [6, 6.07) is 3.79. The predicted molar refractivity (Wildman–Crippen MR) is 102 cm³/mol. The summed E-state index contributed by atoms with van der Waals surface area (Å²) in [4.78, 5) is 49.0. The fourth-order valence-corrected chi connectivity index (χ4v) is 4.03. The number of imide groups is 1. The smallest absolute Gasteiger partial charge is 0.324 e. The van der Waals surface area contributed by atoms with Crippen molar-refractivity contribution in [2.24, 2.45) is 5.92 Å². The maximum atomic E-state index is 12.9. The Labute approximate surface area is 162 Å². The van der Waals surface area contributed by atoms with Gasteiger partial charge < -0.3 is 10.6 Å². The topological polar surface area (TPSA) is 122 Å². The molecule has 9 nitrogen and oxygen atoms in total. The largest absolute Gasteiger partial charge is 0.325 e. The molecule has 4 amide bonds. The first-order chi connectivity index (χ1) is 13.3. The number of nitro groups is 1. The zero-order chi connectivity index (χ0) is 20.5. The standard InChI is InChI=1S/C19H24N4O5/c1-3-13-7-9-19(10-8-13)17(25)22(18(26)21-19)11-16(24)20-14-5-4-6-15(12(14)2)23(27)28/h4-6,13H,3,7-11H2,1-2H3,(H,20,24)(H,21,26). The first-order valence-corrected chi connectivity index (χ1v) is 9.45. The Morgan fingerprint density at radius 1 is 1.36 bits per heavy atom. The molecule has 0 bridgehead atoms. The zero-order valence-corrected chi connectivity index (χ0v) is 16.0. The van der Waals surface area contributed by atoms with Gasteiger partial charge in [-0.3, -0.25) is 24.6 Å². The Morgan fingerprint density at radius 3 is 2.64 bits per heavy atom. The van der Waals surface area contributed by atoms with E-state index in [4.69, 9.17) is 0 Å². The van der Waals surface area contributed by atoms with E-state index >= 15 is 0 Å². The summed E-state index contributed by atoms with van der Waals surface area (Å²) in [5.41, 5.74) is -0.416. The Balaban J connectivity index is 1.68. The molecular formula is C19H24N4O5. The van der Waals surface area contributed by atoms with E-state index in [1.807, 2.05) is 0 Å². The van der Waals surface area contributed by atoms with Crippen LogP contribution in [0.25, 0.3) is 0 Å². The van der Waals surface area contributed by atoms with Crippen LogP contribution in [-0.4, -0.2) is 39.8 Å². The number of carbonyl (C=O) groups excluding carboxylic acids is 3. The number of nitrogens with zero attached hydrogens (tertiary/aromatic N) is 2. The molecule has 0 atom stereocenters. The van der Waals surface area contributed by atoms with Gasteiger partial charge in [0.25, 0.3) is 11.6 Å². The van der Waals surface area contributed by atoms with Crippen molar-refractivity contribution in [2.75, 3.05) is 11.9 Å². The minimum atomic E-state index is -0.898. The molecule has 1 heterocycles. The number of benzene rings is 1. The molecule has 150 valence electrons. The molecular weight excluding hydrogens is 364 g/mol. The molecule has 1 saturated heterocycles. The van der Waals surface area contributed by atoms with Crippen LogP contribution in [0.2, 0.25) is 0 Å². The minimum Gasteiger partial charge on any atom is -0.324 e. The van der Waals surface area contributed by atoms with E-state index in [-0.39, 0.29) is 17.3 Å². The molecule has 1 aromatic rings. The lowest BCUT2D eigenvalue weighted by molar-refractivity contribution is -0.385. The van der Waals surface area contributed by atoms with Crippen molar-refractivity contribution in [3.05, 3.63) is 33.9 Å². The maximum Gasteiger partial charge on any atom is 0.325 e. The molecule has 1 aliphatic carbocycles. The Kier molecular flexibility index (Phi) is 5.35. The Morgan fingerprint density at radius 2 is 2.04 bits per heavy atom. The maximum absolute atomic E-state index is 12.9. The number of hydrogen-bond acceptors (Lipinski definition) is 5. The summed E-state index contributed by atoms with van der Waals surface area (Å²) < 4.78 is 0. The number of hydrogen-bond donors (Lipinski definition) is 2. The summed E-state index contributed by atoms with van der Waals surface area (Å²) in [6.45, 7) is 3.22. The van der Waals surface area contributed by atoms with Crippen LogP contribution in [0.3, 0.4) is 0 Å². The molecule has 0 radical (unpaired) electrons. The van der Waals surface area contributed by atoms with Crippen molar-refractivity contribution >= 4 is 29.2 Å². The van der Waals surface area contributed by atoms with Crippen molar-refractivity contribution in [2.45, 2.75) is 51.5 Å². The monoisotopic (exact) mass is 388 g/mol. The normalized spacial score (nSPS) is 24.4. The van der Waals surface area contributed by atoms with Gasteiger partial charge in [0.1, 0.15) is 12.1 Å². The van der Waals surface area contributed by atoms with Crippen LogP contribution >= 0.6 is 0 Å². The number of rotatable bonds is 5. The summed E-state index contributed by atoms with van der Waals surface area (Å²) in [5.74, 6) is -0.381. The lowest BCUT2D eigenvalue weighted by atomic mass is 9.75. The molecule has 2 aliphatic rings. The van der Waals surface area contributed by atoms with E-state index in [2.05, 4.69) is 17.6 Å². The third kappa shape index (κ3) is 3.56. The van der Waals surface area contributed by atoms with Gasteiger partial charge in [-0.05, 0) is 44.6 Å². The Hall–Kier alpha value is -2.97. The fourth-order valence-electron chi connectivity index (χ4n) is 4.03. The number of urea groups is 1. The van der Waals surface area contributed by atoms with Gasteiger partial charge in [-0.1, -0.05) is 19.4 Å². The van der Waals surface area contributed by atoms with Crippen molar-refractivity contribution < 1.29 is 19.3 Å². The molecule has 0 aromatic heterocycles. The van der Waals surface area contributed by atoms with E-state index in [9.17, 15) is 24.5 Å². The second-order valence-corrected chi connectivity index (χ2v) is 7.51. The first-order valence-electron chi connectivity index (χ1n) is 9.45. The van der Waals surface area contributed by atoms with E-state index in [1.54, 1.807) is 6.07 Å². The lowest BCUT2D eigenvalue weighted by Crippen LogP contribution is -2.49. The van der Waals surface area contributed by atoms with Gasteiger partial charge in [0.2, 0.25) is 5.91 Å². The van der Waals surface area contributed by atoms with Crippen LogP contribution in [0.5, 0.6) is 0 Å². The highest BCUT2D eigenvalue weighted by Gasteiger charge is 2.52. The van der Waals surface area contributed by atoms with Gasteiger partial charge in [0.15, 0.2) is 0 Å². The minimum absolute atomic E-state index is 0.112. The van der Waals surface area contributed by atoms with Crippen LogP contribution in [0.15, 0.2) is 18.2 Å². The number of nitrogens with one attached hydrogen (secondary N) is 2. The van der Waals surface area contributed by atoms with Crippen LogP contribution in [0.1, 0.15) is 44.6 Å². The van der Waals surface area contributed by atoms with E-state index < -0.39 is 28.9 Å². The lowest BCUT2D eigenvalue weighted by Gasteiger charge is -2.34. The molecule has 2 fully saturated rings. The van der Waals surface area contributed by atoms with E-state index in [1.165, 1.54) is 19.1 Å². The number of amides is 4. The van der Waals surface area contributed by atoms with E-state index in [0.29, 0.717) is 24.3 Å². The Bertz CT molecular complexity index is 830. The second-order valence-electron chi connectivity index (χ2n) is 7.51. The molecule has 0 unspecified atom stereocenters. The summed E-state index contributed by atoms with van der Waals surface area (Å²) in [5, 5.41) is 16.4. The van der Waals surface area contributed by atoms with Gasteiger partial charge >= 0.3 is 6.03 Å². The first kappa shape index (κ1) is 19.8. The van der Waals surface area contributed by atoms with Gasteiger partial charge in [-0.25, -0.2) is 4.79 Å². The van der Waals surface area contributed by atoms with Crippen molar-refractivity contribution in [1.29, 1.82) is 0 Å². The van der Waals surface area contributed by atoms with Gasteiger partial charge in [-0.15, -0.1) is 0 Å². The predicted octanol–water partition coefficient (Wildman–Crippen LogP) is 2.73. The van der Waals surface area contributed by atoms with Gasteiger partial charge in [0, 0.05) is 6.07 Å². The third-order valence-electron chi connectivity index (χ3n) is 5.86. The molecule has 28 heavy (non-hydrogen) atoms. The van der Waals surface area contributed by atoms with Gasteiger partial charge in [-0.2, -0.15) is 0 Å². The van der Waals surface area contributed by atoms with Crippen molar-refractivity contribution in [1.82, 2.24) is 10.2 Å². The number of anilines is 1. The number of carbonyl (C=O) groups is 3. The van der Waals surface area contributed by atoms with Crippen LogP contribution in [0, 0.1) is 23.0 Å². The molecule has 9 heteroatoms. The van der Waals surface area contributed by atoms with E-state index in [0.717, 1.165) is 24.2 Å². The fraction of sp³-hybridized carbons (Fsp3) is 0.526. The molecule has 1 spiro atoms.